The van der Waals surface area contributed by atoms with Crippen molar-refractivity contribution in [3.05, 3.63) is 59.4 Å². The molecule has 34 heavy (non-hydrogen) atoms. The lowest BCUT2D eigenvalue weighted by Crippen LogP contribution is -2.35. The SMILES string of the molecule is CN(C(=O)CCc1nc2cc(S(=O)(=O)N3CCCCC3)ccc2n1C)C1CCc2ccccc21. The van der Waals surface area contributed by atoms with Gasteiger partial charge in [-0.05, 0) is 55.0 Å². The zero-order chi connectivity index (χ0) is 23.9. The second-order valence-electron chi connectivity index (χ2n) is 9.46. The summed E-state index contributed by atoms with van der Waals surface area (Å²) in [4.78, 5) is 19.9. The molecule has 1 atom stereocenters. The van der Waals surface area contributed by atoms with Crippen molar-refractivity contribution in [2.75, 3.05) is 20.1 Å². The summed E-state index contributed by atoms with van der Waals surface area (Å²) in [6.07, 6.45) is 5.74. The molecule has 1 fully saturated rings. The number of aromatic nitrogens is 2. The number of hydrogen-bond acceptors (Lipinski definition) is 4. The number of fused-ring (bicyclic) bond motifs is 2. The Morgan fingerprint density at radius 2 is 1.88 bits per heavy atom. The average molecular weight is 481 g/mol. The van der Waals surface area contributed by atoms with E-state index in [1.165, 1.54) is 11.1 Å². The lowest BCUT2D eigenvalue weighted by Gasteiger charge is -2.25. The molecule has 1 aromatic heterocycles. The summed E-state index contributed by atoms with van der Waals surface area (Å²) in [7, 11) is 0.307. The highest BCUT2D eigenvalue weighted by Crippen LogP contribution is 2.35. The van der Waals surface area contributed by atoms with Crippen molar-refractivity contribution in [2.24, 2.45) is 7.05 Å². The summed E-state index contributed by atoms with van der Waals surface area (Å²) in [6.45, 7) is 1.16. The van der Waals surface area contributed by atoms with Crippen LogP contribution in [0, 0.1) is 0 Å². The molecule has 0 saturated carbocycles. The molecule has 5 rings (SSSR count). The molecule has 2 aliphatic rings. The van der Waals surface area contributed by atoms with E-state index in [1.807, 2.05) is 35.7 Å². The fourth-order valence-electron chi connectivity index (χ4n) is 5.37. The zero-order valence-electron chi connectivity index (χ0n) is 19.9. The number of carbonyl (C=O) groups excluding carboxylic acids is 1. The van der Waals surface area contributed by atoms with Crippen LogP contribution < -0.4 is 0 Å². The normalized spacial score (nSPS) is 18.8. The Balaban J connectivity index is 1.30. The summed E-state index contributed by atoms with van der Waals surface area (Å²) < 4.78 is 29.7. The highest BCUT2D eigenvalue weighted by molar-refractivity contribution is 7.89. The van der Waals surface area contributed by atoms with Crippen LogP contribution in [0.15, 0.2) is 47.4 Å². The topological polar surface area (TPSA) is 75.5 Å². The van der Waals surface area contributed by atoms with E-state index in [-0.39, 0.29) is 11.9 Å². The molecular weight excluding hydrogens is 448 g/mol. The Morgan fingerprint density at radius 3 is 2.68 bits per heavy atom. The second-order valence-corrected chi connectivity index (χ2v) is 11.4. The number of hydrogen-bond donors (Lipinski definition) is 0. The third-order valence-corrected chi connectivity index (χ3v) is 9.32. The molecule has 1 saturated heterocycles. The molecule has 180 valence electrons. The second kappa shape index (κ2) is 9.15. The molecule has 0 spiro atoms. The lowest BCUT2D eigenvalue weighted by molar-refractivity contribution is -0.132. The van der Waals surface area contributed by atoms with Gasteiger partial charge in [-0.3, -0.25) is 4.79 Å². The van der Waals surface area contributed by atoms with Gasteiger partial charge in [0, 0.05) is 40.0 Å². The van der Waals surface area contributed by atoms with Crippen molar-refractivity contribution in [1.82, 2.24) is 18.8 Å². The smallest absolute Gasteiger partial charge is 0.243 e. The number of imidazole rings is 1. The highest BCUT2D eigenvalue weighted by atomic mass is 32.2. The van der Waals surface area contributed by atoms with E-state index in [1.54, 1.807) is 16.4 Å². The molecule has 2 heterocycles. The first kappa shape index (κ1) is 23.1. The molecule has 3 aromatic rings. The Kier molecular flexibility index (Phi) is 6.20. The average Bonchev–Trinajstić information content (AvgIpc) is 3.43. The molecule has 0 radical (unpaired) electrons. The first-order valence-electron chi connectivity index (χ1n) is 12.2. The predicted octanol–water partition coefficient (Wildman–Crippen LogP) is 3.83. The molecular formula is C26H32N4O3S. The number of rotatable bonds is 6. The number of nitrogens with zero attached hydrogens (tertiary/aromatic N) is 4. The Bertz CT molecular complexity index is 1330. The number of benzene rings is 2. The van der Waals surface area contributed by atoms with Gasteiger partial charge in [-0.1, -0.05) is 30.7 Å². The van der Waals surface area contributed by atoms with Crippen LogP contribution >= 0.6 is 0 Å². The summed E-state index contributed by atoms with van der Waals surface area (Å²) in [6, 6.07) is 13.7. The van der Waals surface area contributed by atoms with Crippen molar-refractivity contribution in [1.29, 1.82) is 0 Å². The van der Waals surface area contributed by atoms with Gasteiger partial charge >= 0.3 is 0 Å². The molecule has 1 amide bonds. The van der Waals surface area contributed by atoms with Gasteiger partial charge < -0.3 is 9.47 Å². The van der Waals surface area contributed by atoms with Crippen LogP contribution in [0.1, 0.15) is 55.1 Å². The summed E-state index contributed by atoms with van der Waals surface area (Å²) in [5.41, 5.74) is 4.11. The molecule has 7 nitrogen and oxygen atoms in total. The lowest BCUT2D eigenvalue weighted by atomic mass is 10.1. The van der Waals surface area contributed by atoms with E-state index in [2.05, 4.69) is 18.2 Å². The Morgan fingerprint density at radius 1 is 1.12 bits per heavy atom. The Hall–Kier alpha value is -2.71. The number of aryl methyl sites for hydroxylation is 3. The maximum atomic E-state index is 13.1. The minimum absolute atomic E-state index is 0.0992. The van der Waals surface area contributed by atoms with Crippen molar-refractivity contribution in [3.63, 3.8) is 0 Å². The van der Waals surface area contributed by atoms with Gasteiger partial charge in [-0.25, -0.2) is 13.4 Å². The van der Waals surface area contributed by atoms with E-state index >= 15 is 0 Å². The Labute approximate surface area is 201 Å². The van der Waals surface area contributed by atoms with E-state index in [9.17, 15) is 13.2 Å². The van der Waals surface area contributed by atoms with Crippen LogP contribution in [0.2, 0.25) is 0 Å². The van der Waals surface area contributed by atoms with Crippen LogP contribution in [0.5, 0.6) is 0 Å². The first-order chi connectivity index (χ1) is 16.4. The number of carbonyl (C=O) groups is 1. The van der Waals surface area contributed by atoms with Crippen molar-refractivity contribution in [2.45, 2.75) is 55.9 Å². The molecule has 0 bridgehead atoms. The van der Waals surface area contributed by atoms with Crippen molar-refractivity contribution in [3.8, 4) is 0 Å². The minimum atomic E-state index is -3.50. The minimum Gasteiger partial charge on any atom is -0.339 e. The molecule has 0 N–H and O–H groups in total. The summed E-state index contributed by atoms with van der Waals surface area (Å²) >= 11 is 0. The number of piperidine rings is 1. The van der Waals surface area contributed by atoms with Crippen molar-refractivity contribution < 1.29 is 13.2 Å². The molecule has 2 aromatic carbocycles. The number of amides is 1. The zero-order valence-corrected chi connectivity index (χ0v) is 20.7. The molecule has 8 heteroatoms. The van der Waals surface area contributed by atoms with E-state index in [4.69, 9.17) is 4.98 Å². The number of sulfonamides is 1. The van der Waals surface area contributed by atoms with Crippen molar-refractivity contribution >= 4 is 27.0 Å². The largest absolute Gasteiger partial charge is 0.339 e. The third kappa shape index (κ3) is 4.14. The first-order valence-corrected chi connectivity index (χ1v) is 13.6. The maximum absolute atomic E-state index is 13.1. The van der Waals surface area contributed by atoms with Gasteiger partial charge in [0.25, 0.3) is 0 Å². The van der Waals surface area contributed by atoms with Gasteiger partial charge in [0.1, 0.15) is 5.82 Å². The quantitative estimate of drug-likeness (QED) is 0.537. The fraction of sp³-hybridized carbons (Fsp3) is 0.462. The summed E-state index contributed by atoms with van der Waals surface area (Å²) in [5, 5.41) is 0. The van der Waals surface area contributed by atoms with Gasteiger partial charge in [0.2, 0.25) is 15.9 Å². The van der Waals surface area contributed by atoms with Gasteiger partial charge in [0.15, 0.2) is 0 Å². The third-order valence-electron chi connectivity index (χ3n) is 7.42. The standard InChI is InChI=1S/C26H32N4O3S/c1-28-24-13-11-20(34(32,33)30-16-6-3-7-17-30)18-22(24)27-25(28)14-15-26(31)29(2)23-12-10-19-8-4-5-9-21(19)23/h4-5,8-9,11,13,18,23H,3,6-7,10,12,14-17H2,1-2H3. The molecule has 1 unspecified atom stereocenters. The van der Waals surface area contributed by atoms with E-state index < -0.39 is 10.0 Å². The fourth-order valence-corrected chi connectivity index (χ4v) is 6.91. The van der Waals surface area contributed by atoms with Gasteiger partial charge in [-0.2, -0.15) is 4.31 Å². The van der Waals surface area contributed by atoms with E-state index in [0.29, 0.717) is 36.3 Å². The van der Waals surface area contributed by atoms with E-state index in [0.717, 1.165) is 43.4 Å². The summed E-state index contributed by atoms with van der Waals surface area (Å²) in [5.74, 6) is 0.887. The van der Waals surface area contributed by atoms with Crippen LogP contribution in [-0.4, -0.2) is 53.2 Å². The van der Waals surface area contributed by atoms with Crippen LogP contribution in [0.3, 0.4) is 0 Å². The predicted molar refractivity (Wildman–Crippen MR) is 132 cm³/mol. The van der Waals surface area contributed by atoms with Crippen LogP contribution in [0.4, 0.5) is 0 Å². The highest BCUT2D eigenvalue weighted by Gasteiger charge is 2.29. The molecule has 1 aliphatic heterocycles. The maximum Gasteiger partial charge on any atom is 0.243 e. The van der Waals surface area contributed by atoms with Gasteiger partial charge in [-0.15, -0.1) is 0 Å². The monoisotopic (exact) mass is 480 g/mol. The molecule has 1 aliphatic carbocycles. The van der Waals surface area contributed by atoms with Crippen LogP contribution in [0.25, 0.3) is 11.0 Å². The van der Waals surface area contributed by atoms with Gasteiger partial charge in [0.05, 0.1) is 22.0 Å². The van der Waals surface area contributed by atoms with Crippen LogP contribution in [-0.2, 0) is 34.7 Å².